The van der Waals surface area contributed by atoms with Crippen LogP contribution in [0.15, 0.2) is 54.6 Å². The second-order valence-corrected chi connectivity index (χ2v) is 5.56. The standard InChI is InChI=1S/C19H20ClNO2/c1-3-18(15-7-11-17(23-2)12-8-15)21-19(22)13-6-14-4-9-16(20)10-5-14/h4-13,18H,3H2,1-2H3,(H,21,22)/b13-6+/t18-/m0/s1. The van der Waals surface area contributed by atoms with Gasteiger partial charge in [0.1, 0.15) is 5.75 Å². The lowest BCUT2D eigenvalue weighted by Crippen LogP contribution is -2.26. The Balaban J connectivity index is 1.99. The van der Waals surface area contributed by atoms with E-state index < -0.39 is 0 Å². The maximum Gasteiger partial charge on any atom is 0.244 e. The Morgan fingerprint density at radius 3 is 2.39 bits per heavy atom. The average Bonchev–Trinajstić information content (AvgIpc) is 2.59. The molecule has 0 aliphatic rings. The smallest absolute Gasteiger partial charge is 0.244 e. The van der Waals surface area contributed by atoms with Crippen LogP contribution in [0.25, 0.3) is 6.08 Å². The van der Waals surface area contributed by atoms with Gasteiger partial charge >= 0.3 is 0 Å². The molecule has 23 heavy (non-hydrogen) atoms. The number of methoxy groups -OCH3 is 1. The zero-order valence-electron chi connectivity index (χ0n) is 13.3. The summed E-state index contributed by atoms with van der Waals surface area (Å²) in [5, 5.41) is 3.69. The molecule has 0 heterocycles. The van der Waals surface area contributed by atoms with Gasteiger partial charge < -0.3 is 10.1 Å². The number of nitrogens with one attached hydrogen (secondary N) is 1. The lowest BCUT2D eigenvalue weighted by Gasteiger charge is -2.16. The number of carbonyl (C=O) groups excluding carboxylic acids is 1. The van der Waals surface area contributed by atoms with E-state index in [0.717, 1.165) is 23.3 Å². The summed E-state index contributed by atoms with van der Waals surface area (Å²) >= 11 is 5.84. The minimum absolute atomic E-state index is 0.0247. The first-order chi connectivity index (χ1) is 11.1. The van der Waals surface area contributed by atoms with Crippen molar-refractivity contribution in [1.29, 1.82) is 0 Å². The molecule has 0 unspecified atom stereocenters. The summed E-state index contributed by atoms with van der Waals surface area (Å²) in [5.74, 6) is 0.681. The first kappa shape index (κ1) is 17.1. The molecule has 0 aliphatic carbocycles. The van der Waals surface area contributed by atoms with E-state index >= 15 is 0 Å². The van der Waals surface area contributed by atoms with Crippen LogP contribution in [-0.4, -0.2) is 13.0 Å². The van der Waals surface area contributed by atoms with Crippen LogP contribution in [0.1, 0.15) is 30.5 Å². The van der Waals surface area contributed by atoms with E-state index in [4.69, 9.17) is 16.3 Å². The Kier molecular flexibility index (Phi) is 6.24. The number of halogens is 1. The fourth-order valence-electron chi connectivity index (χ4n) is 2.22. The highest BCUT2D eigenvalue weighted by Crippen LogP contribution is 2.20. The maximum absolute atomic E-state index is 12.1. The van der Waals surface area contributed by atoms with Crippen molar-refractivity contribution in [2.45, 2.75) is 19.4 Å². The maximum atomic E-state index is 12.1. The molecular weight excluding hydrogens is 310 g/mol. The van der Waals surface area contributed by atoms with Gasteiger partial charge in [0.05, 0.1) is 13.2 Å². The van der Waals surface area contributed by atoms with Crippen molar-refractivity contribution >= 4 is 23.6 Å². The van der Waals surface area contributed by atoms with Crippen LogP contribution in [0, 0.1) is 0 Å². The number of ether oxygens (including phenoxy) is 1. The Hall–Kier alpha value is -2.26. The van der Waals surface area contributed by atoms with Crippen LogP contribution < -0.4 is 10.1 Å². The van der Waals surface area contributed by atoms with Gasteiger partial charge in [-0.3, -0.25) is 4.79 Å². The zero-order chi connectivity index (χ0) is 16.7. The third-order valence-electron chi connectivity index (χ3n) is 3.54. The van der Waals surface area contributed by atoms with E-state index in [1.165, 1.54) is 6.08 Å². The molecule has 0 saturated carbocycles. The topological polar surface area (TPSA) is 38.3 Å². The van der Waals surface area contributed by atoms with E-state index in [-0.39, 0.29) is 11.9 Å². The minimum atomic E-state index is -0.123. The number of rotatable bonds is 6. The Morgan fingerprint density at radius 2 is 1.83 bits per heavy atom. The Morgan fingerprint density at radius 1 is 1.17 bits per heavy atom. The van der Waals surface area contributed by atoms with Crippen molar-refractivity contribution < 1.29 is 9.53 Å². The Labute approximate surface area is 141 Å². The molecule has 3 nitrogen and oxygen atoms in total. The van der Waals surface area contributed by atoms with Gasteiger partial charge in [-0.25, -0.2) is 0 Å². The number of benzene rings is 2. The van der Waals surface area contributed by atoms with Crippen LogP contribution >= 0.6 is 11.6 Å². The van der Waals surface area contributed by atoms with Gasteiger partial charge in [-0.2, -0.15) is 0 Å². The molecule has 0 saturated heterocycles. The second kappa shape index (κ2) is 8.39. The van der Waals surface area contributed by atoms with Crippen molar-refractivity contribution in [3.63, 3.8) is 0 Å². The molecular formula is C19H20ClNO2. The highest BCUT2D eigenvalue weighted by Gasteiger charge is 2.11. The largest absolute Gasteiger partial charge is 0.497 e. The highest BCUT2D eigenvalue weighted by molar-refractivity contribution is 6.30. The molecule has 0 aliphatic heterocycles. The third kappa shape index (κ3) is 5.15. The summed E-state index contributed by atoms with van der Waals surface area (Å²) in [6, 6.07) is 15.0. The van der Waals surface area contributed by atoms with Gasteiger partial charge in [0.2, 0.25) is 5.91 Å². The lowest BCUT2D eigenvalue weighted by atomic mass is 10.0. The number of carbonyl (C=O) groups is 1. The summed E-state index contributed by atoms with van der Waals surface area (Å²) < 4.78 is 5.15. The lowest BCUT2D eigenvalue weighted by molar-refractivity contribution is -0.117. The molecule has 1 amide bonds. The zero-order valence-corrected chi connectivity index (χ0v) is 14.0. The van der Waals surface area contributed by atoms with Crippen molar-refractivity contribution in [2.24, 2.45) is 0 Å². The first-order valence-corrected chi connectivity index (χ1v) is 7.88. The number of amides is 1. The van der Waals surface area contributed by atoms with Gasteiger partial charge in [0, 0.05) is 11.1 Å². The monoisotopic (exact) mass is 329 g/mol. The van der Waals surface area contributed by atoms with Gasteiger partial charge in [-0.05, 0) is 47.9 Å². The quantitative estimate of drug-likeness (QED) is 0.785. The van der Waals surface area contributed by atoms with Crippen molar-refractivity contribution in [1.82, 2.24) is 5.32 Å². The molecule has 0 fully saturated rings. The molecule has 2 aromatic carbocycles. The summed E-state index contributed by atoms with van der Waals surface area (Å²) in [7, 11) is 1.63. The van der Waals surface area contributed by atoms with Crippen LogP contribution in [0.4, 0.5) is 0 Å². The number of hydrogen-bond donors (Lipinski definition) is 1. The van der Waals surface area contributed by atoms with Crippen LogP contribution in [-0.2, 0) is 4.79 Å². The van der Waals surface area contributed by atoms with E-state index in [1.54, 1.807) is 25.3 Å². The predicted octanol–water partition coefficient (Wildman–Crippen LogP) is 4.63. The highest BCUT2D eigenvalue weighted by atomic mass is 35.5. The van der Waals surface area contributed by atoms with E-state index in [1.807, 2.05) is 43.3 Å². The van der Waals surface area contributed by atoms with Crippen molar-refractivity contribution in [3.05, 3.63) is 70.8 Å². The molecule has 4 heteroatoms. The Bertz CT molecular complexity index is 663. The molecule has 0 aromatic heterocycles. The van der Waals surface area contributed by atoms with Crippen LogP contribution in [0.2, 0.25) is 5.02 Å². The second-order valence-electron chi connectivity index (χ2n) is 5.13. The molecule has 0 bridgehead atoms. The summed E-state index contributed by atoms with van der Waals surface area (Å²) in [4.78, 5) is 12.1. The van der Waals surface area contributed by atoms with Crippen LogP contribution in [0.5, 0.6) is 5.75 Å². The van der Waals surface area contributed by atoms with Gasteiger partial charge in [0.15, 0.2) is 0 Å². The molecule has 0 radical (unpaired) electrons. The van der Waals surface area contributed by atoms with E-state index in [0.29, 0.717) is 5.02 Å². The third-order valence-corrected chi connectivity index (χ3v) is 3.79. The molecule has 1 atom stereocenters. The van der Waals surface area contributed by atoms with Gasteiger partial charge in [0.25, 0.3) is 0 Å². The SMILES string of the molecule is CC[C@H](NC(=O)/C=C/c1ccc(Cl)cc1)c1ccc(OC)cc1. The summed E-state index contributed by atoms with van der Waals surface area (Å²) in [5.41, 5.74) is 1.99. The van der Waals surface area contributed by atoms with Gasteiger partial charge in [-0.1, -0.05) is 42.8 Å². The molecule has 2 aromatic rings. The first-order valence-electron chi connectivity index (χ1n) is 7.50. The van der Waals surface area contributed by atoms with Gasteiger partial charge in [-0.15, -0.1) is 0 Å². The predicted molar refractivity (Wildman–Crippen MR) is 94.7 cm³/mol. The molecule has 1 N–H and O–H groups in total. The van der Waals surface area contributed by atoms with Crippen LogP contribution in [0.3, 0.4) is 0 Å². The van der Waals surface area contributed by atoms with E-state index in [9.17, 15) is 4.79 Å². The molecule has 120 valence electrons. The van der Waals surface area contributed by atoms with Crippen molar-refractivity contribution in [3.8, 4) is 5.75 Å². The normalized spacial score (nSPS) is 12.1. The molecule has 0 spiro atoms. The van der Waals surface area contributed by atoms with Crippen molar-refractivity contribution in [2.75, 3.05) is 7.11 Å². The van der Waals surface area contributed by atoms with E-state index in [2.05, 4.69) is 5.32 Å². The summed E-state index contributed by atoms with van der Waals surface area (Å²) in [6.45, 7) is 2.04. The molecule has 2 rings (SSSR count). The fraction of sp³-hybridized carbons (Fsp3) is 0.211. The average molecular weight is 330 g/mol. The summed E-state index contributed by atoms with van der Waals surface area (Å²) in [6.07, 6.45) is 4.12. The minimum Gasteiger partial charge on any atom is -0.497 e. The fourth-order valence-corrected chi connectivity index (χ4v) is 2.35. The number of hydrogen-bond acceptors (Lipinski definition) is 2.